The molecule has 8 heteroatoms. The maximum Gasteiger partial charge on any atom is 0.241 e. The summed E-state index contributed by atoms with van der Waals surface area (Å²) in [5.74, 6) is -0.294. The van der Waals surface area contributed by atoms with E-state index in [1.54, 1.807) is 23.1 Å². The fourth-order valence-corrected chi connectivity index (χ4v) is 5.77. The first-order chi connectivity index (χ1) is 16.2. The molecule has 2 rings (SSSR count). The van der Waals surface area contributed by atoms with Crippen LogP contribution in [0.5, 0.6) is 0 Å². The number of rotatable bonds is 13. The topological polar surface area (TPSA) is 86.8 Å². The maximum absolute atomic E-state index is 13.3. The standard InChI is InChI=1S/C26H43N3O4S/c1-5-6-7-8-9-10-14-17-24(30)29-19-18-28(20-22(29)4)26(31)25(21(2)3)27-34(32,33)23-15-12-11-13-16-23/h11-13,15-16,21-22,25,27H,5-10,14,17-20H2,1-4H3. The molecule has 1 aliphatic rings. The zero-order valence-electron chi connectivity index (χ0n) is 21.3. The smallest absolute Gasteiger partial charge is 0.241 e. The van der Waals surface area contributed by atoms with Gasteiger partial charge in [0.25, 0.3) is 0 Å². The third-order valence-electron chi connectivity index (χ3n) is 6.52. The van der Waals surface area contributed by atoms with Crippen LogP contribution in [-0.4, -0.2) is 61.7 Å². The van der Waals surface area contributed by atoms with Gasteiger partial charge in [-0.2, -0.15) is 4.72 Å². The zero-order valence-corrected chi connectivity index (χ0v) is 22.1. The van der Waals surface area contributed by atoms with Crippen LogP contribution in [0.4, 0.5) is 0 Å². The third-order valence-corrected chi connectivity index (χ3v) is 7.98. The summed E-state index contributed by atoms with van der Waals surface area (Å²) in [4.78, 5) is 29.7. The van der Waals surface area contributed by atoms with E-state index in [-0.39, 0.29) is 28.7 Å². The van der Waals surface area contributed by atoms with E-state index in [4.69, 9.17) is 0 Å². The molecule has 0 aliphatic carbocycles. The van der Waals surface area contributed by atoms with Crippen molar-refractivity contribution in [2.45, 2.75) is 96.0 Å². The highest BCUT2D eigenvalue weighted by Gasteiger charge is 2.35. The largest absolute Gasteiger partial charge is 0.337 e. The molecule has 2 amide bonds. The Morgan fingerprint density at radius 2 is 1.62 bits per heavy atom. The van der Waals surface area contributed by atoms with Crippen molar-refractivity contribution in [2.24, 2.45) is 5.92 Å². The van der Waals surface area contributed by atoms with E-state index in [0.29, 0.717) is 26.1 Å². The van der Waals surface area contributed by atoms with Crippen LogP contribution in [0.2, 0.25) is 0 Å². The Morgan fingerprint density at radius 1 is 1.00 bits per heavy atom. The highest BCUT2D eigenvalue weighted by Crippen LogP contribution is 2.18. The first-order valence-corrected chi connectivity index (χ1v) is 14.3. The van der Waals surface area contributed by atoms with Crippen LogP contribution in [0.1, 0.15) is 79.1 Å². The predicted octanol–water partition coefficient (Wildman–Crippen LogP) is 4.19. The Kier molecular flexibility index (Phi) is 11.5. The minimum Gasteiger partial charge on any atom is -0.337 e. The normalized spacial score (nSPS) is 17.7. The van der Waals surface area contributed by atoms with Crippen LogP contribution < -0.4 is 4.72 Å². The predicted molar refractivity (Wildman–Crippen MR) is 136 cm³/mol. The summed E-state index contributed by atoms with van der Waals surface area (Å²) in [5, 5.41) is 0. The van der Waals surface area contributed by atoms with Gasteiger partial charge in [-0.3, -0.25) is 9.59 Å². The van der Waals surface area contributed by atoms with Crippen molar-refractivity contribution in [1.29, 1.82) is 0 Å². The molecule has 0 radical (unpaired) electrons. The van der Waals surface area contributed by atoms with Gasteiger partial charge in [0, 0.05) is 32.1 Å². The van der Waals surface area contributed by atoms with Gasteiger partial charge in [-0.25, -0.2) is 8.42 Å². The fraction of sp³-hybridized carbons (Fsp3) is 0.692. The summed E-state index contributed by atoms with van der Waals surface area (Å²) in [6.45, 7) is 9.15. The van der Waals surface area contributed by atoms with Crippen molar-refractivity contribution in [3.05, 3.63) is 30.3 Å². The molecular formula is C26H43N3O4S. The second kappa shape index (κ2) is 13.8. The molecule has 1 aromatic rings. The summed E-state index contributed by atoms with van der Waals surface area (Å²) in [6.07, 6.45) is 8.76. The minimum absolute atomic E-state index is 0.0895. The number of nitrogens with one attached hydrogen (secondary N) is 1. The highest BCUT2D eigenvalue weighted by molar-refractivity contribution is 7.89. The van der Waals surface area contributed by atoms with Crippen LogP contribution in [-0.2, 0) is 19.6 Å². The molecule has 7 nitrogen and oxygen atoms in total. The lowest BCUT2D eigenvalue weighted by atomic mass is 10.0. The number of carbonyl (C=O) groups is 2. The van der Waals surface area contributed by atoms with Gasteiger partial charge in [0.2, 0.25) is 21.8 Å². The highest BCUT2D eigenvalue weighted by atomic mass is 32.2. The van der Waals surface area contributed by atoms with Gasteiger partial charge in [-0.1, -0.05) is 77.5 Å². The van der Waals surface area contributed by atoms with E-state index in [2.05, 4.69) is 11.6 Å². The molecule has 0 bridgehead atoms. The Bertz CT molecular complexity index is 873. The molecule has 1 aromatic carbocycles. The van der Waals surface area contributed by atoms with Crippen molar-refractivity contribution in [3.63, 3.8) is 0 Å². The quantitative estimate of drug-likeness (QED) is 0.418. The van der Waals surface area contributed by atoms with E-state index in [1.807, 2.05) is 25.7 Å². The van der Waals surface area contributed by atoms with Crippen molar-refractivity contribution in [1.82, 2.24) is 14.5 Å². The molecule has 1 heterocycles. The molecule has 2 unspecified atom stereocenters. The second-order valence-corrected chi connectivity index (χ2v) is 11.5. The lowest BCUT2D eigenvalue weighted by molar-refractivity contribution is -0.144. The van der Waals surface area contributed by atoms with E-state index in [0.717, 1.165) is 12.8 Å². The molecule has 192 valence electrons. The monoisotopic (exact) mass is 493 g/mol. The van der Waals surface area contributed by atoms with Crippen molar-refractivity contribution in [3.8, 4) is 0 Å². The van der Waals surface area contributed by atoms with Crippen LogP contribution in [0.3, 0.4) is 0 Å². The SMILES string of the molecule is CCCCCCCCCC(=O)N1CCN(C(=O)C(NS(=O)(=O)c2ccccc2)C(C)C)CC1C. The molecule has 0 saturated carbocycles. The molecular weight excluding hydrogens is 450 g/mol. The molecule has 0 spiro atoms. The number of hydrogen-bond donors (Lipinski definition) is 1. The third kappa shape index (κ3) is 8.38. The summed E-state index contributed by atoms with van der Waals surface area (Å²) < 4.78 is 28.2. The first kappa shape index (κ1) is 28.3. The number of unbranched alkanes of at least 4 members (excludes halogenated alkanes) is 6. The molecule has 34 heavy (non-hydrogen) atoms. The van der Waals surface area contributed by atoms with Gasteiger partial charge >= 0.3 is 0 Å². The van der Waals surface area contributed by atoms with Crippen molar-refractivity contribution >= 4 is 21.8 Å². The second-order valence-electron chi connectivity index (χ2n) is 9.75. The molecule has 1 saturated heterocycles. The van der Waals surface area contributed by atoms with Gasteiger partial charge in [0.15, 0.2) is 0 Å². The van der Waals surface area contributed by atoms with Crippen LogP contribution in [0.15, 0.2) is 35.2 Å². The number of sulfonamides is 1. The lowest BCUT2D eigenvalue weighted by Gasteiger charge is -2.41. The number of hydrogen-bond acceptors (Lipinski definition) is 4. The Labute approximate surface area is 206 Å². The molecule has 1 fully saturated rings. The molecule has 1 N–H and O–H groups in total. The van der Waals surface area contributed by atoms with E-state index < -0.39 is 16.1 Å². The van der Waals surface area contributed by atoms with Gasteiger partial charge in [-0.15, -0.1) is 0 Å². The number of benzene rings is 1. The zero-order chi connectivity index (χ0) is 25.1. The van der Waals surface area contributed by atoms with Gasteiger partial charge in [0.05, 0.1) is 4.90 Å². The van der Waals surface area contributed by atoms with Crippen LogP contribution >= 0.6 is 0 Å². The summed E-state index contributed by atoms with van der Waals surface area (Å²) in [7, 11) is -3.81. The van der Waals surface area contributed by atoms with Gasteiger partial charge in [-0.05, 0) is 31.4 Å². The van der Waals surface area contributed by atoms with E-state index >= 15 is 0 Å². The number of amides is 2. The van der Waals surface area contributed by atoms with Gasteiger partial charge in [0.1, 0.15) is 6.04 Å². The van der Waals surface area contributed by atoms with Crippen LogP contribution in [0.25, 0.3) is 0 Å². The summed E-state index contributed by atoms with van der Waals surface area (Å²) >= 11 is 0. The fourth-order valence-electron chi connectivity index (χ4n) is 4.41. The summed E-state index contributed by atoms with van der Waals surface area (Å²) in [6, 6.07) is 7.15. The van der Waals surface area contributed by atoms with Crippen molar-refractivity contribution in [2.75, 3.05) is 19.6 Å². The molecule has 0 aromatic heterocycles. The molecule has 2 atom stereocenters. The van der Waals surface area contributed by atoms with Gasteiger partial charge < -0.3 is 9.80 Å². The Hall–Kier alpha value is -1.93. The number of piperazine rings is 1. The lowest BCUT2D eigenvalue weighted by Crippen LogP contribution is -2.59. The van der Waals surface area contributed by atoms with E-state index in [9.17, 15) is 18.0 Å². The number of carbonyl (C=O) groups excluding carboxylic acids is 2. The molecule has 1 aliphatic heterocycles. The van der Waals surface area contributed by atoms with E-state index in [1.165, 1.54) is 44.2 Å². The number of nitrogens with zero attached hydrogens (tertiary/aromatic N) is 2. The maximum atomic E-state index is 13.3. The van der Waals surface area contributed by atoms with Crippen LogP contribution in [0, 0.1) is 5.92 Å². The average molecular weight is 494 g/mol. The minimum atomic E-state index is -3.81. The Balaban J connectivity index is 1.88. The van der Waals surface area contributed by atoms with Crippen molar-refractivity contribution < 1.29 is 18.0 Å². The summed E-state index contributed by atoms with van der Waals surface area (Å²) in [5.41, 5.74) is 0. The average Bonchev–Trinajstić information content (AvgIpc) is 2.81. The Morgan fingerprint density at radius 3 is 2.21 bits per heavy atom. The first-order valence-electron chi connectivity index (χ1n) is 12.8.